The maximum atomic E-state index is 11.3. The van der Waals surface area contributed by atoms with E-state index in [2.05, 4.69) is 30.2 Å². The van der Waals surface area contributed by atoms with Crippen LogP contribution in [-0.4, -0.2) is 24.2 Å². The number of H-pyrrole nitrogens is 1. The summed E-state index contributed by atoms with van der Waals surface area (Å²) in [6.45, 7) is 6.07. The lowest BCUT2D eigenvalue weighted by atomic mass is 9.88. The molecule has 3 unspecified atom stereocenters. The van der Waals surface area contributed by atoms with E-state index in [1.807, 2.05) is 12.1 Å². The predicted molar refractivity (Wildman–Crippen MR) is 81.4 cm³/mol. The van der Waals surface area contributed by atoms with Gasteiger partial charge in [-0.05, 0) is 44.0 Å². The molecule has 1 aliphatic heterocycles. The molecule has 0 aliphatic carbocycles. The fourth-order valence-corrected chi connectivity index (χ4v) is 3.16. The Labute approximate surface area is 123 Å². The molecule has 21 heavy (non-hydrogen) atoms. The third-order valence-corrected chi connectivity index (χ3v) is 4.28. The van der Waals surface area contributed by atoms with Crippen LogP contribution in [0.25, 0.3) is 11.1 Å². The maximum absolute atomic E-state index is 11.3. The van der Waals surface area contributed by atoms with Crippen molar-refractivity contribution in [1.29, 1.82) is 0 Å². The van der Waals surface area contributed by atoms with Crippen LogP contribution in [0, 0.1) is 5.92 Å². The average Bonchev–Trinajstić information content (AvgIpc) is 3.04. The van der Waals surface area contributed by atoms with Crippen LogP contribution >= 0.6 is 0 Å². The molecule has 2 heterocycles. The SMILES string of the molecule is CCCNC(c1ccc2[nH]c(=O)oc2c1)C1CCOC1C. The maximum Gasteiger partial charge on any atom is 0.417 e. The number of aromatic amines is 1. The van der Waals surface area contributed by atoms with E-state index >= 15 is 0 Å². The van der Waals surface area contributed by atoms with Gasteiger partial charge in [-0.1, -0.05) is 13.0 Å². The van der Waals surface area contributed by atoms with E-state index < -0.39 is 5.76 Å². The standard InChI is InChI=1S/C16H22N2O3/c1-3-7-17-15(12-6-8-20-10(12)2)11-4-5-13-14(9-11)21-16(19)18-13/h4-5,9-10,12,15,17H,3,6-8H2,1-2H3,(H,18,19). The van der Waals surface area contributed by atoms with Gasteiger partial charge in [0.1, 0.15) is 0 Å². The number of benzene rings is 1. The van der Waals surface area contributed by atoms with E-state index in [4.69, 9.17) is 9.15 Å². The molecule has 0 radical (unpaired) electrons. The van der Waals surface area contributed by atoms with Crippen LogP contribution in [0.15, 0.2) is 27.4 Å². The first-order chi connectivity index (χ1) is 10.2. The van der Waals surface area contributed by atoms with Crippen molar-refractivity contribution in [2.24, 2.45) is 5.92 Å². The third kappa shape index (κ3) is 2.89. The van der Waals surface area contributed by atoms with Crippen molar-refractivity contribution in [3.05, 3.63) is 34.3 Å². The molecule has 2 N–H and O–H groups in total. The Hall–Kier alpha value is -1.59. The molecule has 1 aromatic carbocycles. The van der Waals surface area contributed by atoms with Crippen molar-refractivity contribution in [2.45, 2.75) is 38.8 Å². The molecule has 5 heteroatoms. The van der Waals surface area contributed by atoms with Crippen molar-refractivity contribution >= 4 is 11.1 Å². The largest absolute Gasteiger partial charge is 0.417 e. The van der Waals surface area contributed by atoms with Crippen LogP contribution in [-0.2, 0) is 4.74 Å². The molecule has 1 aliphatic rings. The van der Waals surface area contributed by atoms with Gasteiger partial charge in [0.25, 0.3) is 0 Å². The van der Waals surface area contributed by atoms with E-state index in [0.717, 1.165) is 37.1 Å². The van der Waals surface area contributed by atoms with Gasteiger partial charge in [0, 0.05) is 18.6 Å². The van der Waals surface area contributed by atoms with Crippen LogP contribution in [0.1, 0.15) is 38.3 Å². The second-order valence-corrected chi connectivity index (χ2v) is 5.73. The Morgan fingerprint density at radius 3 is 3.05 bits per heavy atom. The Kier molecular flexibility index (Phi) is 4.12. The highest BCUT2D eigenvalue weighted by molar-refractivity contribution is 5.72. The van der Waals surface area contributed by atoms with Crippen LogP contribution < -0.4 is 11.1 Å². The quantitative estimate of drug-likeness (QED) is 0.888. The molecule has 0 saturated carbocycles. The van der Waals surface area contributed by atoms with Gasteiger partial charge in [0.2, 0.25) is 0 Å². The van der Waals surface area contributed by atoms with E-state index in [9.17, 15) is 4.79 Å². The summed E-state index contributed by atoms with van der Waals surface area (Å²) in [6, 6.07) is 6.17. The molecule has 114 valence electrons. The van der Waals surface area contributed by atoms with E-state index in [0.29, 0.717) is 11.5 Å². The summed E-state index contributed by atoms with van der Waals surface area (Å²) in [5.41, 5.74) is 2.52. The van der Waals surface area contributed by atoms with Gasteiger partial charge in [0.15, 0.2) is 5.58 Å². The number of rotatable bonds is 5. The molecule has 3 rings (SSSR count). The van der Waals surface area contributed by atoms with Gasteiger partial charge >= 0.3 is 5.76 Å². The monoisotopic (exact) mass is 290 g/mol. The number of aromatic nitrogens is 1. The zero-order chi connectivity index (χ0) is 14.8. The topological polar surface area (TPSA) is 67.3 Å². The summed E-state index contributed by atoms with van der Waals surface area (Å²) in [7, 11) is 0. The van der Waals surface area contributed by atoms with Gasteiger partial charge in [-0.15, -0.1) is 0 Å². The third-order valence-electron chi connectivity index (χ3n) is 4.28. The lowest BCUT2D eigenvalue weighted by Crippen LogP contribution is -2.32. The summed E-state index contributed by atoms with van der Waals surface area (Å²) in [5, 5.41) is 3.62. The van der Waals surface area contributed by atoms with Gasteiger partial charge < -0.3 is 14.5 Å². The Balaban J connectivity index is 1.94. The first-order valence-electron chi connectivity index (χ1n) is 7.67. The molecule has 3 atom stereocenters. The molecule has 2 aromatic rings. The highest BCUT2D eigenvalue weighted by Gasteiger charge is 2.32. The first kappa shape index (κ1) is 14.4. The van der Waals surface area contributed by atoms with Gasteiger partial charge in [-0.25, -0.2) is 4.79 Å². The highest BCUT2D eigenvalue weighted by Crippen LogP contribution is 2.34. The molecule has 1 aromatic heterocycles. The number of oxazole rings is 1. The minimum atomic E-state index is -0.405. The van der Waals surface area contributed by atoms with Crippen LogP contribution in [0.4, 0.5) is 0 Å². The summed E-state index contributed by atoms with van der Waals surface area (Å²) in [4.78, 5) is 14.0. The lowest BCUT2D eigenvalue weighted by Gasteiger charge is -2.27. The van der Waals surface area contributed by atoms with Crippen molar-refractivity contribution in [1.82, 2.24) is 10.3 Å². The molecule has 0 bridgehead atoms. The zero-order valence-electron chi connectivity index (χ0n) is 12.5. The molecule has 1 saturated heterocycles. The summed E-state index contributed by atoms with van der Waals surface area (Å²) in [6.07, 6.45) is 2.38. The predicted octanol–water partition coefficient (Wildman–Crippen LogP) is 2.59. The zero-order valence-corrected chi connectivity index (χ0v) is 12.5. The Morgan fingerprint density at radius 2 is 2.33 bits per heavy atom. The fourth-order valence-electron chi connectivity index (χ4n) is 3.16. The fraction of sp³-hybridized carbons (Fsp3) is 0.562. The van der Waals surface area contributed by atoms with E-state index in [1.165, 1.54) is 0 Å². The minimum absolute atomic E-state index is 0.229. The van der Waals surface area contributed by atoms with E-state index in [1.54, 1.807) is 0 Å². The molecule has 0 spiro atoms. The number of ether oxygens (including phenoxy) is 1. The molecule has 1 fully saturated rings. The van der Waals surface area contributed by atoms with Gasteiger partial charge in [0.05, 0.1) is 11.6 Å². The number of fused-ring (bicyclic) bond motifs is 1. The summed E-state index contributed by atoms with van der Waals surface area (Å²) in [5.74, 6) is 0.0393. The molecule has 0 amide bonds. The van der Waals surface area contributed by atoms with Gasteiger partial charge in [-0.2, -0.15) is 0 Å². The normalized spacial score (nSPS) is 23.7. The number of hydrogen-bond donors (Lipinski definition) is 2. The van der Waals surface area contributed by atoms with Gasteiger partial charge in [-0.3, -0.25) is 4.98 Å². The number of hydrogen-bond acceptors (Lipinski definition) is 4. The first-order valence-corrected chi connectivity index (χ1v) is 7.67. The smallest absolute Gasteiger partial charge is 0.408 e. The summed E-state index contributed by atoms with van der Waals surface area (Å²) >= 11 is 0. The van der Waals surface area contributed by atoms with Crippen molar-refractivity contribution < 1.29 is 9.15 Å². The second-order valence-electron chi connectivity index (χ2n) is 5.73. The van der Waals surface area contributed by atoms with Crippen LogP contribution in [0.5, 0.6) is 0 Å². The van der Waals surface area contributed by atoms with E-state index in [-0.39, 0.29) is 12.1 Å². The lowest BCUT2D eigenvalue weighted by molar-refractivity contribution is 0.0954. The Morgan fingerprint density at radius 1 is 1.48 bits per heavy atom. The highest BCUT2D eigenvalue weighted by atomic mass is 16.5. The average molecular weight is 290 g/mol. The van der Waals surface area contributed by atoms with Crippen LogP contribution in [0.2, 0.25) is 0 Å². The second kappa shape index (κ2) is 6.03. The Bertz CT molecular complexity index is 661. The molecular formula is C16H22N2O3. The molecule has 5 nitrogen and oxygen atoms in total. The van der Waals surface area contributed by atoms with Crippen molar-refractivity contribution in [2.75, 3.05) is 13.2 Å². The van der Waals surface area contributed by atoms with Crippen LogP contribution in [0.3, 0.4) is 0 Å². The van der Waals surface area contributed by atoms with Crippen molar-refractivity contribution in [3.63, 3.8) is 0 Å². The molecular weight excluding hydrogens is 268 g/mol. The minimum Gasteiger partial charge on any atom is -0.408 e. The number of nitrogens with one attached hydrogen (secondary N) is 2. The van der Waals surface area contributed by atoms with Crippen molar-refractivity contribution in [3.8, 4) is 0 Å². The summed E-state index contributed by atoms with van der Waals surface area (Å²) < 4.78 is 10.9.